The molecule has 0 aliphatic rings. The van der Waals surface area contributed by atoms with Gasteiger partial charge in [0, 0.05) is 19.5 Å². The number of carbonyl (C=O) groups excluding carboxylic acids is 1. The number of para-hydroxylation sites is 2. The fourth-order valence-corrected chi connectivity index (χ4v) is 6.04. The smallest absolute Gasteiger partial charge is 0.224 e. The summed E-state index contributed by atoms with van der Waals surface area (Å²) in [5, 5.41) is 3.13. The number of carbonyl (C=O) groups is 1. The zero-order valence-corrected chi connectivity index (χ0v) is 26.5. The highest BCUT2D eigenvalue weighted by Gasteiger charge is 2.11. The van der Waals surface area contributed by atoms with Gasteiger partial charge >= 0.3 is 0 Å². The highest BCUT2D eigenvalue weighted by atomic mass is 16.1. The second-order valence-corrected chi connectivity index (χ2v) is 12.1. The number of hydrogen-bond donors (Lipinski definition) is 1. The van der Waals surface area contributed by atoms with E-state index in [4.69, 9.17) is 4.98 Å². The summed E-state index contributed by atoms with van der Waals surface area (Å²) in [6.45, 7) is 3.88. The maximum Gasteiger partial charge on any atom is 0.224 e. The van der Waals surface area contributed by atoms with Gasteiger partial charge in [-0.3, -0.25) is 4.79 Å². The molecule has 0 fully saturated rings. The average molecular weight is 580 g/mol. The molecule has 0 saturated carbocycles. The quantitative estimate of drug-likeness (QED) is 0.0998. The number of hydrogen-bond acceptors (Lipinski definition) is 2. The van der Waals surface area contributed by atoms with Crippen molar-refractivity contribution in [2.24, 2.45) is 0 Å². The van der Waals surface area contributed by atoms with Crippen LogP contribution in [0.25, 0.3) is 22.2 Å². The Morgan fingerprint density at radius 1 is 0.651 bits per heavy atom. The number of imidazole rings is 1. The van der Waals surface area contributed by atoms with Crippen LogP contribution in [0, 0.1) is 0 Å². The molecule has 0 aliphatic heterocycles. The Kier molecular flexibility index (Phi) is 14.4. The second-order valence-electron chi connectivity index (χ2n) is 12.1. The van der Waals surface area contributed by atoms with Crippen LogP contribution in [0.3, 0.4) is 0 Å². The molecule has 4 nitrogen and oxygen atoms in total. The minimum absolute atomic E-state index is 0.0575. The van der Waals surface area contributed by atoms with Crippen molar-refractivity contribution >= 4 is 16.9 Å². The number of amides is 1. The van der Waals surface area contributed by atoms with Crippen LogP contribution in [0.15, 0.2) is 78.9 Å². The first-order chi connectivity index (χ1) is 21.2. The van der Waals surface area contributed by atoms with Gasteiger partial charge in [-0.15, -0.1) is 0 Å². The molecule has 4 rings (SSSR count). The van der Waals surface area contributed by atoms with Crippen LogP contribution < -0.4 is 5.32 Å². The van der Waals surface area contributed by atoms with E-state index in [0.717, 1.165) is 29.9 Å². The van der Waals surface area contributed by atoms with Crippen LogP contribution in [-0.2, 0) is 24.2 Å². The van der Waals surface area contributed by atoms with Crippen LogP contribution in [-0.4, -0.2) is 22.0 Å². The molecule has 3 aromatic carbocycles. The zero-order chi connectivity index (χ0) is 30.0. The number of benzene rings is 3. The molecule has 0 atom stereocenters. The molecule has 0 radical (unpaired) electrons. The summed E-state index contributed by atoms with van der Waals surface area (Å²) in [5.41, 5.74) is 5.64. The van der Waals surface area contributed by atoms with Crippen molar-refractivity contribution < 1.29 is 4.79 Å². The molecule has 1 N–H and O–H groups in total. The summed E-state index contributed by atoms with van der Waals surface area (Å²) in [6, 6.07) is 27.0. The maximum absolute atomic E-state index is 12.7. The monoisotopic (exact) mass is 579 g/mol. The van der Waals surface area contributed by atoms with Crippen molar-refractivity contribution in [2.75, 3.05) is 6.54 Å². The lowest BCUT2D eigenvalue weighted by Gasteiger charge is -2.10. The van der Waals surface area contributed by atoms with Gasteiger partial charge in [0.25, 0.3) is 0 Å². The summed E-state index contributed by atoms with van der Waals surface area (Å²) < 4.78 is 2.38. The highest BCUT2D eigenvalue weighted by Crippen LogP contribution is 2.20. The summed E-state index contributed by atoms with van der Waals surface area (Å²) in [6.07, 6.45) is 20.3. The molecule has 230 valence electrons. The molecule has 1 amide bonds. The fraction of sp³-hybridized carbons (Fsp3) is 0.487. The van der Waals surface area contributed by atoms with E-state index in [1.165, 1.54) is 107 Å². The van der Waals surface area contributed by atoms with Crippen molar-refractivity contribution in [1.29, 1.82) is 0 Å². The van der Waals surface area contributed by atoms with Crippen molar-refractivity contribution in [3.63, 3.8) is 0 Å². The number of rotatable bonds is 21. The molecule has 43 heavy (non-hydrogen) atoms. The van der Waals surface area contributed by atoms with Crippen molar-refractivity contribution in [3.8, 4) is 11.1 Å². The molecule has 0 bridgehead atoms. The molecule has 4 aromatic rings. The third kappa shape index (κ3) is 11.3. The lowest BCUT2D eigenvalue weighted by atomic mass is 10.0. The first-order valence-corrected chi connectivity index (χ1v) is 17.1. The molecule has 4 heteroatoms. The molecule has 0 saturated heterocycles. The van der Waals surface area contributed by atoms with Crippen molar-refractivity contribution in [3.05, 3.63) is 90.3 Å². The van der Waals surface area contributed by atoms with Gasteiger partial charge in [-0.1, -0.05) is 157 Å². The van der Waals surface area contributed by atoms with Crippen molar-refractivity contribution in [2.45, 2.75) is 116 Å². The number of unbranched alkanes of at least 4 members (excludes halogenated alkanes) is 13. The van der Waals surface area contributed by atoms with E-state index in [2.05, 4.69) is 77.5 Å². The Labute approximate surface area is 260 Å². The molecule has 1 aromatic heterocycles. The van der Waals surface area contributed by atoms with Crippen LogP contribution >= 0.6 is 0 Å². The van der Waals surface area contributed by atoms with Gasteiger partial charge in [-0.2, -0.15) is 0 Å². The van der Waals surface area contributed by atoms with E-state index in [-0.39, 0.29) is 5.91 Å². The van der Waals surface area contributed by atoms with Crippen LogP contribution in [0.2, 0.25) is 0 Å². The molecular formula is C39H53N3O. The van der Waals surface area contributed by atoms with E-state index in [1.807, 2.05) is 18.2 Å². The van der Waals surface area contributed by atoms with Crippen LogP contribution in [0.5, 0.6) is 0 Å². The Morgan fingerprint density at radius 2 is 1.21 bits per heavy atom. The molecule has 0 spiro atoms. The fourth-order valence-electron chi connectivity index (χ4n) is 6.04. The highest BCUT2D eigenvalue weighted by molar-refractivity contribution is 5.79. The van der Waals surface area contributed by atoms with Gasteiger partial charge < -0.3 is 9.88 Å². The van der Waals surface area contributed by atoms with Crippen LogP contribution in [0.4, 0.5) is 0 Å². The minimum Gasteiger partial charge on any atom is -0.355 e. The molecule has 1 heterocycles. The first kappa shape index (κ1) is 32.5. The van der Waals surface area contributed by atoms with Crippen LogP contribution in [0.1, 0.15) is 108 Å². The second kappa shape index (κ2) is 19.0. The first-order valence-electron chi connectivity index (χ1n) is 17.1. The van der Waals surface area contributed by atoms with Gasteiger partial charge in [0.1, 0.15) is 5.82 Å². The Hall–Kier alpha value is -3.40. The standard InChI is InChI=1S/C39H53N3O/c1-2-3-4-5-6-7-8-9-10-11-12-13-14-20-31-42-37-24-19-18-23-36(37)41-38(42)29-30-40-39(43)32-33-25-27-35(28-26-33)34-21-16-15-17-22-34/h15-19,21-28H,2-14,20,29-32H2,1H3,(H,40,43). The average Bonchev–Trinajstić information content (AvgIpc) is 3.39. The Morgan fingerprint density at radius 3 is 1.86 bits per heavy atom. The number of fused-ring (bicyclic) bond motifs is 1. The lowest BCUT2D eigenvalue weighted by molar-refractivity contribution is -0.120. The molecule has 0 unspecified atom stereocenters. The largest absolute Gasteiger partial charge is 0.355 e. The Bertz CT molecular complexity index is 1330. The summed E-state index contributed by atoms with van der Waals surface area (Å²) >= 11 is 0. The third-order valence-corrected chi connectivity index (χ3v) is 8.57. The lowest BCUT2D eigenvalue weighted by Crippen LogP contribution is -2.28. The normalized spacial score (nSPS) is 11.3. The molecular weight excluding hydrogens is 526 g/mol. The zero-order valence-electron chi connectivity index (χ0n) is 26.5. The predicted octanol–water partition coefficient (Wildman–Crippen LogP) is 10.1. The molecule has 0 aliphatic carbocycles. The van der Waals surface area contributed by atoms with E-state index in [0.29, 0.717) is 13.0 Å². The summed E-state index contributed by atoms with van der Waals surface area (Å²) in [4.78, 5) is 17.6. The van der Waals surface area contributed by atoms with Gasteiger partial charge in [-0.05, 0) is 35.2 Å². The van der Waals surface area contributed by atoms with Crippen molar-refractivity contribution in [1.82, 2.24) is 14.9 Å². The van der Waals surface area contributed by atoms with Gasteiger partial charge in [0.15, 0.2) is 0 Å². The van der Waals surface area contributed by atoms with E-state index in [9.17, 15) is 4.79 Å². The number of aryl methyl sites for hydroxylation is 1. The SMILES string of the molecule is CCCCCCCCCCCCCCCCn1c(CCNC(=O)Cc2ccc(-c3ccccc3)cc2)nc2ccccc21. The summed E-state index contributed by atoms with van der Waals surface area (Å²) in [5.74, 6) is 1.13. The third-order valence-electron chi connectivity index (χ3n) is 8.57. The number of aromatic nitrogens is 2. The van der Waals surface area contributed by atoms with Gasteiger partial charge in [-0.25, -0.2) is 4.98 Å². The summed E-state index contributed by atoms with van der Waals surface area (Å²) in [7, 11) is 0. The van der Waals surface area contributed by atoms with E-state index in [1.54, 1.807) is 0 Å². The van der Waals surface area contributed by atoms with E-state index >= 15 is 0 Å². The van der Waals surface area contributed by atoms with Gasteiger partial charge in [0.2, 0.25) is 5.91 Å². The number of nitrogens with one attached hydrogen (secondary N) is 1. The Balaban J connectivity index is 1.13. The predicted molar refractivity (Wildman–Crippen MR) is 182 cm³/mol. The minimum atomic E-state index is 0.0575. The topological polar surface area (TPSA) is 46.9 Å². The van der Waals surface area contributed by atoms with E-state index < -0.39 is 0 Å². The number of nitrogens with zero attached hydrogens (tertiary/aromatic N) is 2. The maximum atomic E-state index is 12.7. The van der Waals surface area contributed by atoms with Gasteiger partial charge in [0.05, 0.1) is 17.5 Å².